The minimum atomic E-state index is -3.60. The van der Waals surface area contributed by atoms with E-state index in [9.17, 15) is 17.4 Å². The Labute approximate surface area is 121 Å². The van der Waals surface area contributed by atoms with Crippen molar-refractivity contribution in [2.45, 2.75) is 18.2 Å². The molecule has 0 aliphatic carbocycles. The highest BCUT2D eigenvalue weighted by Crippen LogP contribution is 2.19. The van der Waals surface area contributed by atoms with Crippen LogP contribution < -0.4 is 0 Å². The third kappa shape index (κ3) is 3.16. The maximum atomic E-state index is 12.5. The van der Waals surface area contributed by atoms with Crippen LogP contribution in [0.2, 0.25) is 0 Å². The summed E-state index contributed by atoms with van der Waals surface area (Å²) in [5, 5.41) is 0. The third-order valence-electron chi connectivity index (χ3n) is 3.25. The zero-order chi connectivity index (χ0) is 14.8. The second kappa shape index (κ2) is 6.15. The molecule has 0 bridgehead atoms. The van der Waals surface area contributed by atoms with Crippen molar-refractivity contribution in [2.24, 2.45) is 0 Å². The summed E-state index contributed by atoms with van der Waals surface area (Å²) in [6, 6.07) is 6.12. The van der Waals surface area contributed by atoms with E-state index in [2.05, 4.69) is 0 Å². The van der Waals surface area contributed by atoms with E-state index in [1.54, 1.807) is 19.1 Å². The smallest absolute Gasteiger partial charge is 0.243 e. The van der Waals surface area contributed by atoms with Crippen molar-refractivity contribution in [3.8, 4) is 0 Å². The van der Waals surface area contributed by atoms with Gasteiger partial charge in [-0.2, -0.15) is 4.31 Å². The number of rotatable bonds is 4. The fourth-order valence-electron chi connectivity index (χ4n) is 2.04. The van der Waals surface area contributed by atoms with E-state index in [1.165, 1.54) is 16.4 Å². The minimum Gasteiger partial charge on any atom is -0.294 e. The quantitative estimate of drug-likeness (QED) is 0.778. The first-order chi connectivity index (χ1) is 9.45. The number of sulfonamides is 1. The Balaban J connectivity index is 2.30. The fraction of sp³-hybridized carbons (Fsp3) is 0.462. The van der Waals surface area contributed by atoms with Crippen LogP contribution in [0, 0.1) is 0 Å². The summed E-state index contributed by atoms with van der Waals surface area (Å²) in [4.78, 5) is 11.8. The number of benzene rings is 1. The van der Waals surface area contributed by atoms with Gasteiger partial charge in [-0.05, 0) is 12.1 Å². The molecule has 110 valence electrons. The molecule has 7 heteroatoms. The Bertz CT molecular complexity index is 630. The maximum Gasteiger partial charge on any atom is 0.243 e. The largest absolute Gasteiger partial charge is 0.294 e. The predicted octanol–water partition coefficient (Wildman–Crippen LogP) is 1.03. The number of hydrogen-bond acceptors (Lipinski definition) is 4. The Morgan fingerprint density at radius 3 is 2.55 bits per heavy atom. The molecule has 1 saturated heterocycles. The molecule has 1 fully saturated rings. The zero-order valence-corrected chi connectivity index (χ0v) is 12.9. The molecular weight excluding hydrogens is 298 g/mol. The molecular formula is C13H17NO4S2. The summed E-state index contributed by atoms with van der Waals surface area (Å²) in [7, 11) is -4.53. The van der Waals surface area contributed by atoms with E-state index in [1.807, 2.05) is 0 Å². The second-order valence-corrected chi connectivity index (χ2v) is 8.19. The number of carbonyl (C=O) groups excluding carboxylic acids is 1. The number of Topliss-reactive ketones (excluding diaryl/α,β-unsaturated/α-hetero) is 1. The van der Waals surface area contributed by atoms with Crippen LogP contribution in [0.1, 0.15) is 23.7 Å². The van der Waals surface area contributed by atoms with E-state index >= 15 is 0 Å². The summed E-state index contributed by atoms with van der Waals surface area (Å²) >= 11 is 0. The van der Waals surface area contributed by atoms with Crippen LogP contribution in [0.5, 0.6) is 0 Å². The lowest BCUT2D eigenvalue weighted by Crippen LogP contribution is -2.41. The molecule has 1 aromatic carbocycles. The Morgan fingerprint density at radius 2 is 1.95 bits per heavy atom. The number of nitrogens with zero attached hydrogens (tertiary/aromatic N) is 1. The van der Waals surface area contributed by atoms with Crippen molar-refractivity contribution in [3.63, 3.8) is 0 Å². The van der Waals surface area contributed by atoms with Crippen LogP contribution >= 0.6 is 0 Å². The molecule has 2 rings (SSSR count). The average Bonchev–Trinajstić information content (AvgIpc) is 2.47. The first-order valence-electron chi connectivity index (χ1n) is 6.43. The van der Waals surface area contributed by atoms with Crippen LogP contribution in [0.25, 0.3) is 0 Å². The van der Waals surface area contributed by atoms with Crippen LogP contribution in [0.3, 0.4) is 0 Å². The summed E-state index contributed by atoms with van der Waals surface area (Å²) in [5.41, 5.74) is 0.411. The lowest BCUT2D eigenvalue weighted by molar-refractivity contribution is 0.0988. The fourth-order valence-corrected chi connectivity index (χ4v) is 4.82. The zero-order valence-electron chi connectivity index (χ0n) is 11.2. The molecule has 1 aromatic rings. The molecule has 0 amide bonds. The van der Waals surface area contributed by atoms with Gasteiger partial charge in [0, 0.05) is 47.4 Å². The van der Waals surface area contributed by atoms with Crippen LogP contribution in [0.15, 0.2) is 29.2 Å². The molecule has 20 heavy (non-hydrogen) atoms. The molecule has 5 nitrogen and oxygen atoms in total. The second-order valence-electron chi connectivity index (χ2n) is 4.56. The molecule has 0 atom stereocenters. The van der Waals surface area contributed by atoms with Gasteiger partial charge >= 0.3 is 0 Å². The molecule has 0 saturated carbocycles. The Hall–Kier alpha value is -1.05. The van der Waals surface area contributed by atoms with Crippen LogP contribution in [-0.4, -0.2) is 47.3 Å². The van der Waals surface area contributed by atoms with Crippen molar-refractivity contribution >= 4 is 26.6 Å². The number of ketones is 1. The van der Waals surface area contributed by atoms with Crippen molar-refractivity contribution in [1.82, 2.24) is 4.31 Å². The third-order valence-corrected chi connectivity index (χ3v) is 6.42. The lowest BCUT2D eigenvalue weighted by atomic mass is 10.1. The highest BCUT2D eigenvalue weighted by atomic mass is 32.2. The Kier molecular flexibility index (Phi) is 4.72. The summed E-state index contributed by atoms with van der Waals surface area (Å²) in [6.07, 6.45) is 0.339. The molecule has 1 aliphatic rings. The van der Waals surface area contributed by atoms with Gasteiger partial charge in [0.1, 0.15) is 0 Å². The summed E-state index contributed by atoms with van der Waals surface area (Å²) in [6.45, 7) is 2.27. The standard InChI is InChI=1S/C13H17NO4S2/c1-2-13(15)11-4-3-5-12(10-11)20(17,18)14-6-8-19(16)9-7-14/h3-5,10H,2,6-9H2,1H3. The highest BCUT2D eigenvalue weighted by Gasteiger charge is 2.28. The molecule has 0 unspecified atom stereocenters. The highest BCUT2D eigenvalue weighted by molar-refractivity contribution is 7.89. The Morgan fingerprint density at radius 1 is 1.30 bits per heavy atom. The molecule has 1 heterocycles. The normalized spacial score (nSPS) is 18.1. The van der Waals surface area contributed by atoms with E-state index < -0.39 is 20.8 Å². The van der Waals surface area contributed by atoms with E-state index in [0.29, 0.717) is 23.5 Å². The van der Waals surface area contributed by atoms with Gasteiger partial charge in [0.15, 0.2) is 5.78 Å². The van der Waals surface area contributed by atoms with Gasteiger partial charge < -0.3 is 0 Å². The van der Waals surface area contributed by atoms with Crippen molar-refractivity contribution in [1.29, 1.82) is 0 Å². The van der Waals surface area contributed by atoms with Gasteiger partial charge in [0.05, 0.1) is 4.90 Å². The monoisotopic (exact) mass is 315 g/mol. The molecule has 1 aliphatic heterocycles. The van der Waals surface area contributed by atoms with Gasteiger partial charge in [0.25, 0.3) is 0 Å². The summed E-state index contributed by atoms with van der Waals surface area (Å²) in [5.74, 6) is 0.654. The van der Waals surface area contributed by atoms with Crippen molar-refractivity contribution in [3.05, 3.63) is 29.8 Å². The first-order valence-corrected chi connectivity index (χ1v) is 9.36. The predicted molar refractivity (Wildman–Crippen MR) is 77.7 cm³/mol. The van der Waals surface area contributed by atoms with Gasteiger partial charge in [0.2, 0.25) is 10.0 Å². The van der Waals surface area contributed by atoms with Gasteiger partial charge in [-0.1, -0.05) is 19.1 Å². The number of carbonyl (C=O) groups is 1. The number of hydrogen-bond donors (Lipinski definition) is 0. The maximum absolute atomic E-state index is 12.5. The van der Waals surface area contributed by atoms with E-state index in [4.69, 9.17) is 0 Å². The summed E-state index contributed by atoms with van der Waals surface area (Å²) < 4.78 is 37.6. The average molecular weight is 315 g/mol. The van der Waals surface area contributed by atoms with E-state index in [-0.39, 0.29) is 23.8 Å². The molecule has 0 spiro atoms. The molecule has 0 aromatic heterocycles. The van der Waals surface area contributed by atoms with Gasteiger partial charge in [-0.3, -0.25) is 9.00 Å². The van der Waals surface area contributed by atoms with Gasteiger partial charge in [-0.25, -0.2) is 8.42 Å². The van der Waals surface area contributed by atoms with Crippen molar-refractivity contribution in [2.75, 3.05) is 24.6 Å². The molecule has 0 radical (unpaired) electrons. The lowest BCUT2D eigenvalue weighted by Gasteiger charge is -2.25. The van der Waals surface area contributed by atoms with Crippen LogP contribution in [-0.2, 0) is 20.8 Å². The first kappa shape index (κ1) is 15.3. The molecule has 0 N–H and O–H groups in total. The van der Waals surface area contributed by atoms with Crippen molar-refractivity contribution < 1.29 is 17.4 Å². The minimum absolute atomic E-state index is 0.0817. The topological polar surface area (TPSA) is 71.5 Å². The SMILES string of the molecule is CCC(=O)c1cccc(S(=O)(=O)N2CCS(=O)CC2)c1. The van der Waals surface area contributed by atoms with Gasteiger partial charge in [-0.15, -0.1) is 0 Å². The van der Waals surface area contributed by atoms with Crippen LogP contribution in [0.4, 0.5) is 0 Å². The van der Waals surface area contributed by atoms with E-state index in [0.717, 1.165) is 0 Å².